The summed E-state index contributed by atoms with van der Waals surface area (Å²) >= 11 is 2.38. The monoisotopic (exact) mass is 976 g/mol. The van der Waals surface area contributed by atoms with Gasteiger partial charge in [-0.2, -0.15) is 0 Å². The van der Waals surface area contributed by atoms with Crippen LogP contribution in [0.15, 0.2) is 253 Å². The number of halogens is 1. The molecule has 0 unspecified atom stereocenters. The van der Waals surface area contributed by atoms with Crippen LogP contribution in [0.4, 0.5) is 0 Å². The summed E-state index contributed by atoms with van der Waals surface area (Å²) in [5, 5.41) is 5.15. The second-order valence-electron chi connectivity index (χ2n) is 16.0. The fourth-order valence-electron chi connectivity index (χ4n) is 8.52. The van der Waals surface area contributed by atoms with E-state index in [1.54, 1.807) is 36.9 Å². The van der Waals surface area contributed by atoms with Gasteiger partial charge in [0.25, 0.3) is 11.1 Å². The average Bonchev–Trinajstić information content (AvgIpc) is 3.40. The third-order valence-corrected chi connectivity index (χ3v) is 12.3. The van der Waals surface area contributed by atoms with Crippen LogP contribution < -0.4 is 11.1 Å². The molecule has 4 heterocycles. The minimum absolute atomic E-state index is 0.0460. The van der Waals surface area contributed by atoms with E-state index in [1.165, 1.54) is 25.8 Å². The van der Waals surface area contributed by atoms with E-state index in [0.717, 1.165) is 60.5 Å². The molecule has 0 saturated carbocycles. The Bertz CT molecular complexity index is 3690. The van der Waals surface area contributed by atoms with Crippen LogP contribution in [-0.4, -0.2) is 19.5 Å². The summed E-state index contributed by atoms with van der Waals surface area (Å²) in [4.78, 5) is 36.6. The lowest BCUT2D eigenvalue weighted by molar-refractivity contribution is 1.06. The van der Waals surface area contributed by atoms with Gasteiger partial charge >= 0.3 is 0 Å². The lowest BCUT2D eigenvalue weighted by Crippen LogP contribution is -2.19. The lowest BCUT2D eigenvalue weighted by Gasteiger charge is -2.16. The van der Waals surface area contributed by atoms with Gasteiger partial charge in [-0.1, -0.05) is 158 Å². The molecule has 0 fully saturated rings. The zero-order chi connectivity index (χ0) is 45.5. The van der Waals surface area contributed by atoms with Crippen LogP contribution >= 0.6 is 22.6 Å². The topological polar surface area (TPSA) is 80.6 Å². The zero-order valence-electron chi connectivity index (χ0n) is 36.1. The summed E-state index contributed by atoms with van der Waals surface area (Å²) in [5.41, 5.74) is 11.9. The number of para-hydroxylation sites is 2. The number of nitrogens with one attached hydrogen (secondary N) is 1. The van der Waals surface area contributed by atoms with Crippen LogP contribution in [-0.2, 0) is 0 Å². The maximum Gasteiger partial charge on any atom is 0.263 e. The van der Waals surface area contributed by atoms with Gasteiger partial charge in [0.15, 0.2) is 0 Å². The second kappa shape index (κ2) is 19.5. The molecule has 67 heavy (non-hydrogen) atoms. The molecule has 4 aromatic heterocycles. The molecule has 320 valence electrons. The Morgan fingerprint density at radius 1 is 0.373 bits per heavy atom. The largest absolute Gasteiger partial charge is 0.321 e. The SMILES string of the molecule is Ic1cc(-c2ccccc2)cc(-c2ccccc2)c1.O=c1[nH]c2ccccc2c2cnccc12.O=c1c2ccncc2c2ccccc2n1-c1cc(-c2ccccc2)cc(-c2ccccc2)c1. The molecule has 0 amide bonds. The maximum absolute atomic E-state index is 13.8. The van der Waals surface area contributed by atoms with E-state index in [9.17, 15) is 9.59 Å². The van der Waals surface area contributed by atoms with Crippen molar-refractivity contribution in [3.63, 3.8) is 0 Å². The molecule has 0 spiro atoms. The first-order valence-electron chi connectivity index (χ1n) is 21.9. The maximum atomic E-state index is 13.8. The number of pyridine rings is 4. The summed E-state index contributed by atoms with van der Waals surface area (Å²) in [7, 11) is 0. The number of aromatic amines is 1. The molecule has 0 bridgehead atoms. The van der Waals surface area contributed by atoms with E-state index < -0.39 is 0 Å². The average molecular weight is 977 g/mol. The van der Waals surface area contributed by atoms with Crippen LogP contribution in [0.2, 0.25) is 0 Å². The number of hydrogen-bond acceptors (Lipinski definition) is 4. The van der Waals surface area contributed by atoms with Gasteiger partial charge in [-0.25, -0.2) is 0 Å². The first-order chi connectivity index (χ1) is 33.0. The Hall–Kier alpha value is -8.27. The highest BCUT2D eigenvalue weighted by Crippen LogP contribution is 2.33. The van der Waals surface area contributed by atoms with Crippen molar-refractivity contribution >= 4 is 65.9 Å². The molecule has 12 rings (SSSR count). The summed E-state index contributed by atoms with van der Waals surface area (Å²) in [6, 6.07) is 74.0. The van der Waals surface area contributed by atoms with Gasteiger partial charge in [0.05, 0.1) is 22.0 Å². The highest BCUT2D eigenvalue weighted by molar-refractivity contribution is 14.1. The van der Waals surface area contributed by atoms with E-state index >= 15 is 0 Å². The number of rotatable bonds is 5. The number of benzene rings is 8. The van der Waals surface area contributed by atoms with Crippen LogP contribution in [0.1, 0.15) is 0 Å². The molecular weight excluding hydrogens is 936 g/mol. The molecule has 0 aliphatic rings. The van der Waals surface area contributed by atoms with Crippen LogP contribution in [0, 0.1) is 3.57 Å². The van der Waals surface area contributed by atoms with E-state index in [0.29, 0.717) is 10.8 Å². The molecule has 8 aromatic carbocycles. The molecule has 0 saturated heterocycles. The summed E-state index contributed by atoms with van der Waals surface area (Å²) in [5.74, 6) is 0. The predicted octanol–water partition coefficient (Wildman–Crippen LogP) is 14.6. The number of hydrogen-bond donors (Lipinski definition) is 1. The minimum atomic E-state index is -0.0638. The van der Waals surface area contributed by atoms with Crippen LogP contribution in [0.5, 0.6) is 0 Å². The molecule has 7 heteroatoms. The molecule has 0 atom stereocenters. The molecule has 0 aliphatic carbocycles. The van der Waals surface area contributed by atoms with Crippen molar-refractivity contribution in [2.45, 2.75) is 0 Å². The van der Waals surface area contributed by atoms with Crippen molar-refractivity contribution in [1.82, 2.24) is 19.5 Å². The number of aromatic nitrogens is 4. The normalized spacial score (nSPS) is 10.9. The molecule has 0 radical (unpaired) electrons. The van der Waals surface area contributed by atoms with Crippen molar-refractivity contribution in [2.75, 3.05) is 0 Å². The smallest absolute Gasteiger partial charge is 0.263 e. The van der Waals surface area contributed by atoms with Crippen LogP contribution in [0.3, 0.4) is 0 Å². The van der Waals surface area contributed by atoms with Gasteiger partial charge in [0.1, 0.15) is 0 Å². The Labute approximate surface area is 400 Å². The van der Waals surface area contributed by atoms with E-state index in [-0.39, 0.29) is 11.1 Å². The predicted molar refractivity (Wildman–Crippen MR) is 286 cm³/mol. The Morgan fingerprint density at radius 3 is 1.31 bits per heavy atom. The van der Waals surface area contributed by atoms with Crippen molar-refractivity contribution in [2.24, 2.45) is 0 Å². The summed E-state index contributed by atoms with van der Waals surface area (Å²) < 4.78 is 3.09. The first kappa shape index (κ1) is 42.7. The van der Waals surface area contributed by atoms with Gasteiger partial charge in [0, 0.05) is 55.4 Å². The van der Waals surface area contributed by atoms with Gasteiger partial charge < -0.3 is 4.98 Å². The highest BCUT2D eigenvalue weighted by Gasteiger charge is 2.15. The number of nitrogens with zero attached hydrogens (tertiary/aromatic N) is 3. The van der Waals surface area contributed by atoms with Crippen molar-refractivity contribution in [3.8, 4) is 50.2 Å². The Balaban J connectivity index is 0.000000130. The third-order valence-electron chi connectivity index (χ3n) is 11.7. The van der Waals surface area contributed by atoms with Crippen molar-refractivity contribution in [3.05, 3.63) is 267 Å². The van der Waals surface area contributed by atoms with E-state index in [1.807, 2.05) is 83.4 Å². The van der Waals surface area contributed by atoms with Gasteiger partial charge in [0.2, 0.25) is 0 Å². The number of H-pyrrole nitrogens is 1. The Kier molecular flexibility index (Phi) is 12.4. The standard InChI is InChI=1S/C30H20N2O.C18H13I.C12H8N2O/c33-30-27-15-16-31-20-28(27)26-13-7-8-14-29(26)32(30)25-18-23(21-9-3-1-4-10-21)17-24(19-25)22-11-5-2-6-12-22;19-18-12-16(14-7-3-1-4-8-14)11-17(13-18)15-9-5-2-6-10-15;15-12-9-5-6-13-7-10(9)8-3-1-2-4-11(8)14-12/h1-20H;1-13H;1-7H,(H,14,15). The fraction of sp³-hybridized carbons (Fsp3) is 0. The number of fused-ring (bicyclic) bond motifs is 6. The minimum Gasteiger partial charge on any atom is -0.321 e. The summed E-state index contributed by atoms with van der Waals surface area (Å²) in [6.07, 6.45) is 6.82. The molecule has 0 aliphatic heterocycles. The molecule has 12 aromatic rings. The molecule has 1 N–H and O–H groups in total. The van der Waals surface area contributed by atoms with Gasteiger partial charge in [-0.15, -0.1) is 0 Å². The summed E-state index contributed by atoms with van der Waals surface area (Å²) in [6.45, 7) is 0. The Morgan fingerprint density at radius 2 is 0.791 bits per heavy atom. The third kappa shape index (κ3) is 9.18. The van der Waals surface area contributed by atoms with Crippen molar-refractivity contribution in [1.29, 1.82) is 0 Å². The van der Waals surface area contributed by atoms with E-state index in [2.05, 4.69) is 165 Å². The quantitative estimate of drug-likeness (QED) is 0.138. The lowest BCUT2D eigenvalue weighted by atomic mass is 9.97. The zero-order valence-corrected chi connectivity index (χ0v) is 38.3. The van der Waals surface area contributed by atoms with Gasteiger partial charge in [-0.3, -0.25) is 24.1 Å². The highest BCUT2D eigenvalue weighted by atomic mass is 127. The fourth-order valence-corrected chi connectivity index (χ4v) is 9.19. The van der Waals surface area contributed by atoms with E-state index in [4.69, 9.17) is 0 Å². The van der Waals surface area contributed by atoms with Gasteiger partial charge in [-0.05, 0) is 128 Å². The van der Waals surface area contributed by atoms with Crippen molar-refractivity contribution < 1.29 is 0 Å². The second-order valence-corrected chi connectivity index (χ2v) is 17.2. The first-order valence-corrected chi connectivity index (χ1v) is 23.0. The molecular formula is C60H41IN4O2. The van der Waals surface area contributed by atoms with Crippen LogP contribution in [0.25, 0.3) is 93.5 Å². The molecule has 6 nitrogen and oxygen atoms in total.